The lowest BCUT2D eigenvalue weighted by Crippen LogP contribution is -2.13. The van der Waals surface area contributed by atoms with Gasteiger partial charge in [-0.1, -0.05) is 12.1 Å². The summed E-state index contributed by atoms with van der Waals surface area (Å²) in [6, 6.07) is 6.56. The van der Waals surface area contributed by atoms with E-state index < -0.39 is 9.84 Å². The van der Waals surface area contributed by atoms with Gasteiger partial charge < -0.3 is 5.11 Å². The van der Waals surface area contributed by atoms with Gasteiger partial charge in [-0.3, -0.25) is 5.32 Å². The zero-order valence-electron chi connectivity index (χ0n) is 7.90. The van der Waals surface area contributed by atoms with Crippen molar-refractivity contribution >= 4 is 9.84 Å². The van der Waals surface area contributed by atoms with E-state index in [1.807, 2.05) is 0 Å². The summed E-state index contributed by atoms with van der Waals surface area (Å²) in [5.41, 5.74) is 0.937. The van der Waals surface area contributed by atoms with Crippen molar-refractivity contribution in [1.82, 2.24) is 5.32 Å². The Morgan fingerprint density at radius 2 is 1.86 bits per heavy atom. The third-order valence-corrected chi connectivity index (χ3v) is 2.92. The molecule has 4 nitrogen and oxygen atoms in total. The summed E-state index contributed by atoms with van der Waals surface area (Å²) in [4.78, 5) is 0.310. The fourth-order valence-corrected chi connectivity index (χ4v) is 1.69. The van der Waals surface area contributed by atoms with Gasteiger partial charge in [0.05, 0.1) is 11.6 Å². The van der Waals surface area contributed by atoms with Crippen LogP contribution in [0.1, 0.15) is 5.56 Å². The van der Waals surface area contributed by atoms with Gasteiger partial charge in [0.1, 0.15) is 0 Å². The molecule has 0 amide bonds. The third-order valence-electron chi connectivity index (χ3n) is 1.79. The summed E-state index contributed by atoms with van der Waals surface area (Å²) in [5, 5.41) is 11.2. The van der Waals surface area contributed by atoms with Crippen LogP contribution in [0.5, 0.6) is 0 Å². The van der Waals surface area contributed by atoms with Crippen molar-refractivity contribution in [2.24, 2.45) is 0 Å². The fraction of sp³-hybridized carbons (Fsp3) is 0.333. The van der Waals surface area contributed by atoms with Crippen LogP contribution in [0.15, 0.2) is 29.2 Å². The maximum absolute atomic E-state index is 11.1. The molecule has 0 radical (unpaired) electrons. The average Bonchev–Trinajstić information content (AvgIpc) is 2.14. The van der Waals surface area contributed by atoms with Gasteiger partial charge in [-0.05, 0) is 17.7 Å². The summed E-state index contributed by atoms with van der Waals surface area (Å²) < 4.78 is 22.2. The van der Waals surface area contributed by atoms with Crippen molar-refractivity contribution in [2.75, 3.05) is 13.0 Å². The maximum atomic E-state index is 11.1. The third kappa shape index (κ3) is 3.10. The van der Waals surface area contributed by atoms with Gasteiger partial charge in [0.15, 0.2) is 9.84 Å². The normalized spacial score (nSPS) is 11.6. The summed E-state index contributed by atoms with van der Waals surface area (Å²) in [6.07, 6.45) is 1.17. The molecule has 0 unspecified atom stereocenters. The fourth-order valence-electron chi connectivity index (χ4n) is 1.05. The van der Waals surface area contributed by atoms with Gasteiger partial charge in [-0.2, -0.15) is 0 Å². The van der Waals surface area contributed by atoms with E-state index in [-0.39, 0.29) is 6.73 Å². The first kappa shape index (κ1) is 11.2. The Hall–Kier alpha value is -0.910. The highest BCUT2D eigenvalue weighted by atomic mass is 32.2. The van der Waals surface area contributed by atoms with Crippen LogP contribution in [-0.2, 0) is 16.4 Å². The predicted octanol–water partition coefficient (Wildman–Crippen LogP) is 0.130. The smallest absolute Gasteiger partial charge is 0.175 e. The van der Waals surface area contributed by atoms with E-state index in [2.05, 4.69) is 5.32 Å². The zero-order valence-corrected chi connectivity index (χ0v) is 8.71. The van der Waals surface area contributed by atoms with Gasteiger partial charge in [0.2, 0.25) is 0 Å². The summed E-state index contributed by atoms with van der Waals surface area (Å²) in [7, 11) is -3.11. The minimum absolute atomic E-state index is 0.0895. The highest BCUT2D eigenvalue weighted by Gasteiger charge is 2.05. The van der Waals surface area contributed by atoms with Crippen molar-refractivity contribution in [3.63, 3.8) is 0 Å². The molecule has 1 aromatic rings. The molecule has 0 atom stereocenters. The molecule has 2 N–H and O–H groups in total. The van der Waals surface area contributed by atoms with Crippen molar-refractivity contribution < 1.29 is 13.5 Å². The first-order valence-electron chi connectivity index (χ1n) is 4.14. The molecule has 78 valence electrons. The molecule has 0 spiro atoms. The van der Waals surface area contributed by atoms with Crippen LogP contribution in [0.2, 0.25) is 0 Å². The van der Waals surface area contributed by atoms with Crippen LogP contribution < -0.4 is 5.32 Å². The van der Waals surface area contributed by atoms with Crippen molar-refractivity contribution in [3.05, 3.63) is 29.8 Å². The number of aliphatic hydroxyl groups is 1. The van der Waals surface area contributed by atoms with E-state index in [4.69, 9.17) is 5.11 Å². The lowest BCUT2D eigenvalue weighted by Gasteiger charge is -2.02. The molecule has 0 aliphatic rings. The minimum atomic E-state index is -3.11. The van der Waals surface area contributed by atoms with Crippen LogP contribution in [0.25, 0.3) is 0 Å². The Bertz CT molecular complexity index is 383. The Morgan fingerprint density at radius 3 is 2.29 bits per heavy atom. The van der Waals surface area contributed by atoms with Crippen LogP contribution in [-0.4, -0.2) is 26.5 Å². The number of nitrogens with one attached hydrogen (secondary N) is 1. The molecule has 0 fully saturated rings. The lowest BCUT2D eigenvalue weighted by atomic mass is 10.2. The van der Waals surface area contributed by atoms with Gasteiger partial charge in [-0.15, -0.1) is 0 Å². The second-order valence-corrected chi connectivity index (χ2v) is 5.02. The van der Waals surface area contributed by atoms with E-state index in [1.54, 1.807) is 24.3 Å². The topological polar surface area (TPSA) is 66.4 Å². The first-order valence-corrected chi connectivity index (χ1v) is 6.04. The van der Waals surface area contributed by atoms with Gasteiger partial charge in [0.25, 0.3) is 0 Å². The summed E-state index contributed by atoms with van der Waals surface area (Å²) in [6.45, 7) is 0.439. The molecular formula is C9H13NO3S. The highest BCUT2D eigenvalue weighted by molar-refractivity contribution is 7.90. The largest absolute Gasteiger partial charge is 0.381 e. The molecule has 0 heterocycles. The van der Waals surface area contributed by atoms with Crippen LogP contribution in [0, 0.1) is 0 Å². The number of aliphatic hydroxyl groups excluding tert-OH is 1. The van der Waals surface area contributed by atoms with Gasteiger partial charge >= 0.3 is 0 Å². The average molecular weight is 215 g/mol. The Morgan fingerprint density at radius 1 is 1.29 bits per heavy atom. The second-order valence-electron chi connectivity index (χ2n) is 3.00. The van der Waals surface area contributed by atoms with Crippen molar-refractivity contribution in [3.8, 4) is 0 Å². The molecule has 0 saturated heterocycles. The van der Waals surface area contributed by atoms with E-state index >= 15 is 0 Å². The van der Waals surface area contributed by atoms with Gasteiger partial charge in [-0.25, -0.2) is 8.42 Å². The predicted molar refractivity (Wildman–Crippen MR) is 53.5 cm³/mol. The molecule has 1 rings (SSSR count). The Labute approximate surface area is 83.5 Å². The Balaban J connectivity index is 2.79. The number of rotatable bonds is 4. The standard InChI is InChI=1S/C9H13NO3S/c1-14(12,13)9-4-2-8(3-5-9)6-10-7-11/h2-5,10-11H,6-7H2,1H3. The summed E-state index contributed by atoms with van der Waals surface area (Å²) >= 11 is 0. The molecule has 0 aliphatic heterocycles. The summed E-state index contributed by atoms with van der Waals surface area (Å²) in [5.74, 6) is 0. The minimum Gasteiger partial charge on any atom is -0.381 e. The lowest BCUT2D eigenvalue weighted by molar-refractivity contribution is 0.259. The molecule has 0 saturated carbocycles. The van der Waals surface area contributed by atoms with Crippen LogP contribution >= 0.6 is 0 Å². The monoisotopic (exact) mass is 215 g/mol. The molecular weight excluding hydrogens is 202 g/mol. The SMILES string of the molecule is CS(=O)(=O)c1ccc(CNCO)cc1. The van der Waals surface area contributed by atoms with Crippen molar-refractivity contribution in [1.29, 1.82) is 0 Å². The quantitative estimate of drug-likeness (QED) is 0.701. The van der Waals surface area contributed by atoms with Gasteiger partial charge in [0, 0.05) is 12.8 Å². The number of hydrogen-bond donors (Lipinski definition) is 2. The number of benzene rings is 1. The second kappa shape index (κ2) is 4.54. The van der Waals surface area contributed by atoms with Crippen LogP contribution in [0.3, 0.4) is 0 Å². The van der Waals surface area contributed by atoms with Crippen LogP contribution in [0.4, 0.5) is 0 Å². The first-order chi connectivity index (χ1) is 6.54. The molecule has 0 aromatic heterocycles. The number of sulfone groups is 1. The van der Waals surface area contributed by atoms with Crippen molar-refractivity contribution in [2.45, 2.75) is 11.4 Å². The maximum Gasteiger partial charge on any atom is 0.175 e. The highest BCUT2D eigenvalue weighted by Crippen LogP contribution is 2.09. The molecule has 0 aliphatic carbocycles. The molecule has 0 bridgehead atoms. The van der Waals surface area contributed by atoms with E-state index in [0.29, 0.717) is 11.4 Å². The number of hydrogen-bond acceptors (Lipinski definition) is 4. The molecule has 5 heteroatoms. The van der Waals surface area contributed by atoms with E-state index in [0.717, 1.165) is 5.56 Å². The van der Waals surface area contributed by atoms with E-state index in [1.165, 1.54) is 6.26 Å². The Kier molecular flexibility index (Phi) is 3.62. The molecule has 1 aromatic carbocycles. The molecule has 14 heavy (non-hydrogen) atoms. The zero-order chi connectivity index (χ0) is 10.6. The van der Waals surface area contributed by atoms with E-state index in [9.17, 15) is 8.42 Å².